The third-order valence-corrected chi connectivity index (χ3v) is 4.98. The van der Waals surface area contributed by atoms with Crippen LogP contribution in [0.4, 0.5) is 5.82 Å². The molecule has 2 N–H and O–H groups in total. The fourth-order valence-electron chi connectivity index (χ4n) is 3.61. The van der Waals surface area contributed by atoms with Crippen molar-refractivity contribution >= 4 is 5.82 Å². The van der Waals surface area contributed by atoms with Crippen molar-refractivity contribution in [2.24, 2.45) is 5.92 Å². The first-order valence-electron chi connectivity index (χ1n) is 8.38. The molecule has 23 heavy (non-hydrogen) atoms. The Hall–Kier alpha value is -2.10. The summed E-state index contributed by atoms with van der Waals surface area (Å²) in [5.41, 5.74) is 9.35. The first-order chi connectivity index (χ1) is 11.2. The molecule has 1 aliphatic rings. The summed E-state index contributed by atoms with van der Waals surface area (Å²) in [7, 11) is 1.69. The third-order valence-electron chi connectivity index (χ3n) is 4.98. The van der Waals surface area contributed by atoms with Gasteiger partial charge in [-0.1, -0.05) is 6.07 Å². The van der Waals surface area contributed by atoms with Gasteiger partial charge >= 0.3 is 0 Å². The molecule has 0 saturated heterocycles. The predicted octanol–water partition coefficient (Wildman–Crippen LogP) is 3.89. The van der Waals surface area contributed by atoms with E-state index in [-0.39, 0.29) is 0 Å². The molecule has 4 heteroatoms. The van der Waals surface area contributed by atoms with Gasteiger partial charge in [-0.2, -0.15) is 0 Å². The van der Waals surface area contributed by atoms with E-state index >= 15 is 0 Å². The summed E-state index contributed by atoms with van der Waals surface area (Å²) in [5.74, 6) is 2.83. The smallest absolute Gasteiger partial charge is 0.140 e. The number of nitrogens with zero attached hydrogens (tertiary/aromatic N) is 2. The zero-order valence-electron chi connectivity index (χ0n) is 14.0. The summed E-state index contributed by atoms with van der Waals surface area (Å²) >= 11 is 0. The molecule has 3 rings (SSSR count). The average molecular weight is 311 g/mol. The van der Waals surface area contributed by atoms with Crippen molar-refractivity contribution in [1.29, 1.82) is 0 Å². The van der Waals surface area contributed by atoms with Crippen LogP contribution in [-0.4, -0.2) is 17.1 Å². The Bertz CT molecular complexity index is 663. The standard InChI is InChI=1S/C19H25N3O/c1-13-18(23-2)10-9-17(22-13)15-7-5-14(6-8-15)12-16-4-3-11-21-19(16)20/h3-4,9-11,14-15H,5-8,12H2,1-2H3,(H2,20,21). The minimum Gasteiger partial charge on any atom is -0.495 e. The van der Waals surface area contributed by atoms with Gasteiger partial charge in [-0.15, -0.1) is 0 Å². The summed E-state index contributed by atoms with van der Waals surface area (Å²) in [5, 5.41) is 0. The Morgan fingerprint density at radius 3 is 2.61 bits per heavy atom. The minimum absolute atomic E-state index is 0.571. The van der Waals surface area contributed by atoms with Crippen LogP contribution >= 0.6 is 0 Å². The number of nitrogen functional groups attached to an aromatic ring is 1. The van der Waals surface area contributed by atoms with Crippen molar-refractivity contribution in [1.82, 2.24) is 9.97 Å². The van der Waals surface area contributed by atoms with Crippen molar-refractivity contribution in [3.8, 4) is 5.75 Å². The highest BCUT2D eigenvalue weighted by Gasteiger charge is 2.24. The zero-order valence-corrected chi connectivity index (χ0v) is 14.0. The molecule has 0 bridgehead atoms. The van der Waals surface area contributed by atoms with E-state index in [0.717, 1.165) is 17.9 Å². The van der Waals surface area contributed by atoms with Crippen molar-refractivity contribution in [2.45, 2.75) is 44.9 Å². The van der Waals surface area contributed by atoms with E-state index in [9.17, 15) is 0 Å². The monoisotopic (exact) mass is 311 g/mol. The highest BCUT2D eigenvalue weighted by molar-refractivity contribution is 5.38. The van der Waals surface area contributed by atoms with Gasteiger partial charge in [0.15, 0.2) is 0 Å². The van der Waals surface area contributed by atoms with Gasteiger partial charge in [-0.05, 0) is 68.7 Å². The molecule has 0 spiro atoms. The van der Waals surface area contributed by atoms with E-state index in [1.165, 1.54) is 36.9 Å². The third kappa shape index (κ3) is 3.63. The van der Waals surface area contributed by atoms with Gasteiger partial charge in [0.25, 0.3) is 0 Å². The number of ether oxygens (including phenoxy) is 1. The maximum absolute atomic E-state index is 5.97. The lowest BCUT2D eigenvalue weighted by Gasteiger charge is -2.28. The van der Waals surface area contributed by atoms with Crippen molar-refractivity contribution < 1.29 is 4.74 Å². The highest BCUT2D eigenvalue weighted by atomic mass is 16.5. The first-order valence-corrected chi connectivity index (χ1v) is 8.38. The number of methoxy groups -OCH3 is 1. The van der Waals surface area contributed by atoms with Crippen LogP contribution in [0.15, 0.2) is 30.5 Å². The lowest BCUT2D eigenvalue weighted by atomic mass is 9.78. The molecule has 0 radical (unpaired) electrons. The van der Waals surface area contributed by atoms with Crippen LogP contribution in [0.5, 0.6) is 5.75 Å². The molecule has 0 atom stereocenters. The fourth-order valence-corrected chi connectivity index (χ4v) is 3.61. The molecule has 4 nitrogen and oxygen atoms in total. The summed E-state index contributed by atoms with van der Waals surface area (Å²) in [4.78, 5) is 8.92. The minimum atomic E-state index is 0.571. The number of hydrogen-bond donors (Lipinski definition) is 1. The van der Waals surface area contributed by atoms with Crippen molar-refractivity contribution in [3.63, 3.8) is 0 Å². The topological polar surface area (TPSA) is 61.0 Å². The van der Waals surface area contributed by atoms with Crippen LogP contribution in [0, 0.1) is 12.8 Å². The summed E-state index contributed by atoms with van der Waals surface area (Å²) < 4.78 is 5.30. The molecule has 0 amide bonds. The molecule has 1 saturated carbocycles. The first kappa shape index (κ1) is 15.8. The molecular weight excluding hydrogens is 286 g/mol. The summed E-state index contributed by atoms with van der Waals surface area (Å²) in [6, 6.07) is 8.24. The summed E-state index contributed by atoms with van der Waals surface area (Å²) in [6.45, 7) is 2.01. The molecule has 2 aromatic rings. The van der Waals surface area contributed by atoms with Crippen molar-refractivity contribution in [3.05, 3.63) is 47.4 Å². The molecule has 122 valence electrons. The molecule has 2 heterocycles. The SMILES string of the molecule is COc1ccc(C2CCC(Cc3cccnc3N)CC2)nc1C. The number of pyridine rings is 2. The maximum atomic E-state index is 5.97. The molecule has 0 unspecified atom stereocenters. The lowest BCUT2D eigenvalue weighted by molar-refractivity contribution is 0.320. The van der Waals surface area contributed by atoms with Gasteiger partial charge in [0, 0.05) is 17.8 Å². The number of rotatable bonds is 4. The van der Waals surface area contributed by atoms with E-state index < -0.39 is 0 Å². The quantitative estimate of drug-likeness (QED) is 0.930. The van der Waals surface area contributed by atoms with Gasteiger partial charge in [-0.25, -0.2) is 4.98 Å². The second-order valence-corrected chi connectivity index (χ2v) is 6.49. The van der Waals surface area contributed by atoms with Gasteiger partial charge in [0.05, 0.1) is 12.8 Å². The van der Waals surface area contributed by atoms with Gasteiger partial charge in [-0.3, -0.25) is 4.98 Å². The van der Waals surface area contributed by atoms with Crippen LogP contribution in [0.1, 0.15) is 48.6 Å². The molecule has 1 fully saturated rings. The zero-order chi connectivity index (χ0) is 16.2. The average Bonchev–Trinajstić information content (AvgIpc) is 2.57. The fraction of sp³-hybridized carbons (Fsp3) is 0.474. The van der Waals surface area contributed by atoms with Crippen LogP contribution in [0.2, 0.25) is 0 Å². The Balaban J connectivity index is 1.60. The Morgan fingerprint density at radius 2 is 1.96 bits per heavy atom. The van der Waals surface area contributed by atoms with E-state index in [1.807, 2.05) is 19.1 Å². The lowest BCUT2D eigenvalue weighted by Crippen LogP contribution is -2.17. The van der Waals surface area contributed by atoms with E-state index in [2.05, 4.69) is 17.1 Å². The van der Waals surface area contributed by atoms with Gasteiger partial charge in [0.2, 0.25) is 0 Å². The number of nitrogens with two attached hydrogens (primary N) is 1. The number of aryl methyl sites for hydroxylation is 1. The molecule has 0 aromatic carbocycles. The normalized spacial score (nSPS) is 21.1. The number of aromatic nitrogens is 2. The van der Waals surface area contributed by atoms with Crippen LogP contribution in [-0.2, 0) is 6.42 Å². The molecule has 1 aliphatic carbocycles. The van der Waals surface area contributed by atoms with Crippen LogP contribution in [0.25, 0.3) is 0 Å². The Morgan fingerprint density at radius 1 is 1.17 bits per heavy atom. The van der Waals surface area contributed by atoms with Crippen LogP contribution < -0.4 is 10.5 Å². The Kier molecular flexibility index (Phi) is 4.79. The highest BCUT2D eigenvalue weighted by Crippen LogP contribution is 2.37. The summed E-state index contributed by atoms with van der Waals surface area (Å²) in [6.07, 6.45) is 7.65. The molecule has 0 aliphatic heterocycles. The second kappa shape index (κ2) is 6.99. The second-order valence-electron chi connectivity index (χ2n) is 6.49. The van der Waals surface area contributed by atoms with Gasteiger partial charge < -0.3 is 10.5 Å². The van der Waals surface area contributed by atoms with Crippen molar-refractivity contribution in [2.75, 3.05) is 12.8 Å². The largest absolute Gasteiger partial charge is 0.495 e. The number of anilines is 1. The molecular formula is C19H25N3O. The van der Waals surface area contributed by atoms with Gasteiger partial charge in [0.1, 0.15) is 11.6 Å². The Labute approximate surface area is 138 Å². The number of hydrogen-bond acceptors (Lipinski definition) is 4. The van der Waals surface area contributed by atoms with E-state index in [1.54, 1.807) is 13.3 Å². The van der Waals surface area contributed by atoms with E-state index in [4.69, 9.17) is 15.5 Å². The predicted molar refractivity (Wildman–Crippen MR) is 92.6 cm³/mol. The molecule has 2 aromatic heterocycles. The van der Waals surface area contributed by atoms with E-state index in [0.29, 0.717) is 17.7 Å². The maximum Gasteiger partial charge on any atom is 0.140 e. The van der Waals surface area contributed by atoms with Crippen LogP contribution in [0.3, 0.4) is 0 Å².